The normalized spacial score (nSPS) is 12.2. The molecule has 5 nitrogen and oxygen atoms in total. The van der Waals surface area contributed by atoms with Crippen molar-refractivity contribution in [1.29, 1.82) is 0 Å². The van der Waals surface area contributed by atoms with E-state index in [0.717, 1.165) is 43.4 Å². The van der Waals surface area contributed by atoms with E-state index in [2.05, 4.69) is 13.8 Å². The Hall–Kier alpha value is -2.95. The van der Waals surface area contributed by atoms with E-state index < -0.39 is 0 Å². The van der Waals surface area contributed by atoms with E-state index in [1.54, 1.807) is 4.57 Å². The Morgan fingerprint density at radius 3 is 2.45 bits per heavy atom. The van der Waals surface area contributed by atoms with E-state index in [1.807, 2.05) is 68.1 Å². The zero-order valence-electron chi connectivity index (χ0n) is 20.7. The van der Waals surface area contributed by atoms with Gasteiger partial charge in [0.05, 0.1) is 22.6 Å². The fraction of sp³-hybridized carbons (Fsp3) is 0.464. The number of hydrogen-bond donors (Lipinski definition) is 0. The minimum absolute atomic E-state index is 0.0976. The molecule has 1 atom stereocenters. The van der Waals surface area contributed by atoms with Gasteiger partial charge in [-0.3, -0.25) is 14.2 Å². The number of rotatable bonds is 10. The maximum absolute atomic E-state index is 13.7. The van der Waals surface area contributed by atoms with Crippen LogP contribution in [0.15, 0.2) is 47.3 Å². The molecule has 0 N–H and O–H groups in total. The molecule has 1 heterocycles. The number of aryl methyl sites for hydroxylation is 2. The molecule has 0 bridgehead atoms. The summed E-state index contributed by atoms with van der Waals surface area (Å²) >= 11 is 0. The van der Waals surface area contributed by atoms with Crippen molar-refractivity contribution in [1.82, 2.24) is 14.5 Å². The van der Waals surface area contributed by atoms with Crippen LogP contribution in [0.5, 0.6) is 0 Å². The number of nitrogens with zero attached hydrogens (tertiary/aromatic N) is 3. The molecule has 0 aliphatic rings. The Morgan fingerprint density at radius 2 is 1.76 bits per heavy atom. The number of fused-ring (bicyclic) bond motifs is 1. The number of benzene rings is 2. The van der Waals surface area contributed by atoms with Crippen molar-refractivity contribution in [3.63, 3.8) is 0 Å². The van der Waals surface area contributed by atoms with Crippen LogP contribution in [0.1, 0.15) is 82.3 Å². The number of amides is 1. The fourth-order valence-corrected chi connectivity index (χ4v) is 4.28. The first-order chi connectivity index (χ1) is 15.9. The second-order valence-corrected chi connectivity index (χ2v) is 8.97. The van der Waals surface area contributed by atoms with Gasteiger partial charge >= 0.3 is 0 Å². The Balaban J connectivity index is 2.16. The molecule has 3 aromatic rings. The van der Waals surface area contributed by atoms with Crippen LogP contribution in [0.2, 0.25) is 0 Å². The van der Waals surface area contributed by atoms with E-state index in [-0.39, 0.29) is 17.5 Å². The first-order valence-corrected chi connectivity index (χ1v) is 12.3. The highest BCUT2D eigenvalue weighted by atomic mass is 16.2. The predicted octanol–water partition coefficient (Wildman–Crippen LogP) is 6.27. The highest BCUT2D eigenvalue weighted by molar-refractivity contribution is 5.79. The third kappa shape index (κ3) is 5.52. The van der Waals surface area contributed by atoms with Gasteiger partial charge in [0.15, 0.2) is 0 Å². The van der Waals surface area contributed by atoms with Gasteiger partial charge in [-0.1, -0.05) is 51.3 Å². The average Bonchev–Trinajstić information content (AvgIpc) is 2.81. The minimum atomic E-state index is -0.315. The van der Waals surface area contributed by atoms with Gasteiger partial charge < -0.3 is 4.90 Å². The van der Waals surface area contributed by atoms with Crippen LogP contribution in [0, 0.1) is 13.8 Å². The zero-order chi connectivity index (χ0) is 24.0. The Labute approximate surface area is 197 Å². The van der Waals surface area contributed by atoms with Crippen LogP contribution in [-0.4, -0.2) is 26.9 Å². The van der Waals surface area contributed by atoms with Gasteiger partial charge in [-0.25, -0.2) is 4.98 Å². The molecular formula is C28H37N3O2. The molecule has 5 heteroatoms. The van der Waals surface area contributed by atoms with E-state index >= 15 is 0 Å². The second-order valence-electron chi connectivity index (χ2n) is 8.97. The van der Waals surface area contributed by atoms with E-state index in [9.17, 15) is 9.59 Å². The van der Waals surface area contributed by atoms with Crippen molar-refractivity contribution in [3.05, 3.63) is 69.8 Å². The molecule has 0 aliphatic heterocycles. The number of para-hydroxylation sites is 1. The lowest BCUT2D eigenvalue weighted by atomic mass is 10.1. The summed E-state index contributed by atoms with van der Waals surface area (Å²) in [4.78, 5) is 33.7. The largest absolute Gasteiger partial charge is 0.333 e. The number of carbonyl (C=O) groups is 1. The first-order valence-electron chi connectivity index (χ1n) is 12.3. The standard InChI is InChI=1S/C28H37N3O2/c1-6-8-9-12-18-30(26(32)13-7-2)22(5)27-29-25-15-11-10-14-24(25)28(33)31(27)23-17-16-20(3)21(4)19-23/h10-11,14-17,19,22H,6-9,12-13,18H2,1-5H3. The van der Waals surface area contributed by atoms with Crippen molar-refractivity contribution in [2.45, 2.75) is 79.2 Å². The third-order valence-corrected chi connectivity index (χ3v) is 6.43. The Kier molecular flexibility index (Phi) is 8.43. The highest BCUT2D eigenvalue weighted by Crippen LogP contribution is 2.25. The molecule has 0 aliphatic carbocycles. The van der Waals surface area contributed by atoms with Gasteiger partial charge in [0.1, 0.15) is 5.82 Å². The molecule has 3 rings (SSSR count). The molecule has 0 fully saturated rings. The average molecular weight is 448 g/mol. The number of hydrogen-bond acceptors (Lipinski definition) is 3. The first kappa shape index (κ1) is 24.7. The predicted molar refractivity (Wildman–Crippen MR) is 136 cm³/mol. The van der Waals surface area contributed by atoms with Gasteiger partial charge in [0, 0.05) is 13.0 Å². The number of carbonyl (C=O) groups excluding carboxylic acids is 1. The summed E-state index contributed by atoms with van der Waals surface area (Å²) in [6, 6.07) is 13.2. The summed E-state index contributed by atoms with van der Waals surface area (Å²) < 4.78 is 1.71. The summed E-state index contributed by atoms with van der Waals surface area (Å²) in [6.45, 7) is 11.0. The molecule has 0 spiro atoms. The smallest absolute Gasteiger partial charge is 0.266 e. The van der Waals surface area contributed by atoms with Crippen molar-refractivity contribution in [3.8, 4) is 5.69 Å². The van der Waals surface area contributed by atoms with Gasteiger partial charge in [0.25, 0.3) is 5.56 Å². The summed E-state index contributed by atoms with van der Waals surface area (Å²) in [7, 11) is 0. The summed E-state index contributed by atoms with van der Waals surface area (Å²) in [5, 5.41) is 0.584. The minimum Gasteiger partial charge on any atom is -0.333 e. The fourth-order valence-electron chi connectivity index (χ4n) is 4.28. The molecular weight excluding hydrogens is 410 g/mol. The molecule has 0 saturated carbocycles. The van der Waals surface area contributed by atoms with E-state index in [0.29, 0.717) is 29.7 Å². The van der Waals surface area contributed by atoms with Gasteiger partial charge in [-0.2, -0.15) is 0 Å². The maximum Gasteiger partial charge on any atom is 0.266 e. The third-order valence-electron chi connectivity index (χ3n) is 6.43. The lowest BCUT2D eigenvalue weighted by Crippen LogP contribution is -2.38. The summed E-state index contributed by atoms with van der Waals surface area (Å²) in [5.74, 6) is 0.734. The van der Waals surface area contributed by atoms with Crippen LogP contribution in [-0.2, 0) is 4.79 Å². The highest BCUT2D eigenvalue weighted by Gasteiger charge is 2.26. The van der Waals surface area contributed by atoms with Crippen LogP contribution < -0.4 is 5.56 Å². The summed E-state index contributed by atoms with van der Waals surface area (Å²) in [6.07, 6.45) is 5.65. The van der Waals surface area contributed by atoms with Gasteiger partial charge in [0.2, 0.25) is 5.91 Å². The molecule has 33 heavy (non-hydrogen) atoms. The lowest BCUT2D eigenvalue weighted by Gasteiger charge is -2.31. The zero-order valence-corrected chi connectivity index (χ0v) is 20.7. The van der Waals surface area contributed by atoms with Crippen LogP contribution >= 0.6 is 0 Å². The quantitative estimate of drug-likeness (QED) is 0.344. The molecule has 176 valence electrons. The number of unbranched alkanes of at least 4 members (excludes halogenated alkanes) is 3. The van der Waals surface area contributed by atoms with Crippen LogP contribution in [0.4, 0.5) is 0 Å². The second kappa shape index (κ2) is 11.3. The van der Waals surface area contributed by atoms with Crippen LogP contribution in [0.3, 0.4) is 0 Å². The van der Waals surface area contributed by atoms with E-state index in [1.165, 1.54) is 5.56 Å². The van der Waals surface area contributed by atoms with Gasteiger partial charge in [-0.15, -0.1) is 0 Å². The number of aromatic nitrogens is 2. The Morgan fingerprint density at radius 1 is 1.00 bits per heavy atom. The van der Waals surface area contributed by atoms with Crippen molar-refractivity contribution in [2.75, 3.05) is 6.54 Å². The Bertz CT molecular complexity index is 1170. The van der Waals surface area contributed by atoms with Crippen LogP contribution in [0.25, 0.3) is 16.6 Å². The maximum atomic E-state index is 13.7. The van der Waals surface area contributed by atoms with Crippen molar-refractivity contribution >= 4 is 16.8 Å². The molecule has 1 unspecified atom stereocenters. The monoisotopic (exact) mass is 447 g/mol. The lowest BCUT2D eigenvalue weighted by molar-refractivity contribution is -0.133. The van der Waals surface area contributed by atoms with Crippen molar-refractivity contribution in [2.24, 2.45) is 0 Å². The SMILES string of the molecule is CCCCCCN(C(=O)CCC)C(C)c1nc2ccccc2c(=O)n1-c1ccc(C)c(C)c1. The van der Waals surface area contributed by atoms with Gasteiger partial charge in [-0.05, 0) is 69.0 Å². The topological polar surface area (TPSA) is 55.2 Å². The van der Waals surface area contributed by atoms with E-state index in [4.69, 9.17) is 4.98 Å². The van der Waals surface area contributed by atoms with Crippen molar-refractivity contribution < 1.29 is 4.79 Å². The summed E-state index contributed by atoms with van der Waals surface area (Å²) in [5.41, 5.74) is 3.64. The molecule has 1 amide bonds. The molecule has 1 aromatic heterocycles. The molecule has 0 radical (unpaired) electrons. The molecule has 0 saturated heterocycles. The molecule has 2 aromatic carbocycles.